The molecule has 5 heteroatoms. The van der Waals surface area contributed by atoms with Crippen LogP contribution in [0.4, 0.5) is 0 Å². The van der Waals surface area contributed by atoms with Crippen LogP contribution < -0.4 is 0 Å². The monoisotopic (exact) mass is 359 g/mol. The molecule has 2 N–H and O–H groups in total. The van der Waals surface area contributed by atoms with Gasteiger partial charge in [0.25, 0.3) is 0 Å². The van der Waals surface area contributed by atoms with Crippen LogP contribution in [-0.4, -0.2) is 16.1 Å². The maximum atomic E-state index is 11.4. The van der Waals surface area contributed by atoms with Gasteiger partial charge in [-0.25, -0.2) is 0 Å². The van der Waals surface area contributed by atoms with Crippen molar-refractivity contribution >= 4 is 40.1 Å². The lowest BCUT2D eigenvalue weighted by Gasteiger charge is -2.18. The number of carboxylic acid groups (broad SMARTS) is 1. The fourth-order valence-electron chi connectivity index (χ4n) is 3.57. The van der Waals surface area contributed by atoms with Gasteiger partial charge in [0.2, 0.25) is 0 Å². The first-order valence-corrected chi connectivity index (χ1v) is 8.61. The summed E-state index contributed by atoms with van der Waals surface area (Å²) >= 11 is 12.4. The van der Waals surface area contributed by atoms with Gasteiger partial charge in [-0.3, -0.25) is 4.79 Å². The van der Waals surface area contributed by atoms with Crippen LogP contribution in [0.3, 0.4) is 0 Å². The SMILES string of the molecule is O=C(O)C1CCc2[nH]c3c(-c4ccc(Cl)cc4)ccc(Cl)c3c2C1. The Labute approximate surface area is 149 Å². The lowest BCUT2D eigenvalue weighted by atomic mass is 9.86. The highest BCUT2D eigenvalue weighted by molar-refractivity contribution is 6.36. The number of rotatable bonds is 2. The Balaban J connectivity index is 1.92. The third-order valence-electron chi connectivity index (χ3n) is 4.79. The number of nitrogens with one attached hydrogen (secondary N) is 1. The second-order valence-electron chi connectivity index (χ2n) is 6.21. The zero-order chi connectivity index (χ0) is 16.8. The molecule has 2 aromatic carbocycles. The standard InChI is InChI=1S/C19H15Cl2NO2/c20-12-4-1-10(2-5-12)13-6-7-15(21)17-14-9-11(19(23)24)3-8-16(14)22-18(13)17/h1-2,4-7,11,22H,3,8-9H2,(H,23,24). The quantitative estimate of drug-likeness (QED) is 0.649. The highest BCUT2D eigenvalue weighted by Gasteiger charge is 2.28. The van der Waals surface area contributed by atoms with Crippen LogP contribution in [0, 0.1) is 5.92 Å². The Kier molecular flexibility index (Phi) is 3.78. The van der Waals surface area contributed by atoms with Crippen LogP contribution in [0.2, 0.25) is 10.0 Å². The zero-order valence-electron chi connectivity index (χ0n) is 12.8. The van der Waals surface area contributed by atoms with Crippen molar-refractivity contribution in [2.24, 2.45) is 5.92 Å². The number of fused-ring (bicyclic) bond motifs is 3. The number of aromatic amines is 1. The minimum Gasteiger partial charge on any atom is -0.481 e. The normalized spacial score (nSPS) is 17.0. The molecule has 0 fully saturated rings. The first kappa shape index (κ1) is 15.6. The summed E-state index contributed by atoms with van der Waals surface area (Å²) < 4.78 is 0. The lowest BCUT2D eigenvalue weighted by Crippen LogP contribution is -2.21. The van der Waals surface area contributed by atoms with Crippen molar-refractivity contribution in [3.05, 3.63) is 57.7 Å². The predicted molar refractivity (Wildman–Crippen MR) is 96.9 cm³/mol. The summed E-state index contributed by atoms with van der Waals surface area (Å²) in [5.41, 5.74) is 5.22. The number of benzene rings is 2. The molecule has 1 unspecified atom stereocenters. The summed E-state index contributed by atoms with van der Waals surface area (Å²) in [4.78, 5) is 14.9. The number of halogens is 2. The van der Waals surface area contributed by atoms with Crippen molar-refractivity contribution in [3.63, 3.8) is 0 Å². The molecule has 1 aromatic heterocycles. The molecule has 1 aliphatic rings. The molecule has 0 spiro atoms. The van der Waals surface area contributed by atoms with Crippen LogP contribution >= 0.6 is 23.2 Å². The second kappa shape index (κ2) is 5.83. The van der Waals surface area contributed by atoms with Gasteiger partial charge in [-0.15, -0.1) is 0 Å². The molecule has 1 aliphatic carbocycles. The smallest absolute Gasteiger partial charge is 0.306 e. The van der Waals surface area contributed by atoms with Gasteiger partial charge in [-0.2, -0.15) is 0 Å². The molecule has 1 atom stereocenters. The third-order valence-corrected chi connectivity index (χ3v) is 5.36. The molecular formula is C19H15Cl2NO2. The number of aromatic nitrogens is 1. The van der Waals surface area contributed by atoms with E-state index in [1.807, 2.05) is 36.4 Å². The van der Waals surface area contributed by atoms with Gasteiger partial charge in [0, 0.05) is 21.7 Å². The molecule has 1 heterocycles. The number of carboxylic acids is 1. The molecule has 4 rings (SSSR count). The van der Waals surface area contributed by atoms with E-state index in [9.17, 15) is 9.90 Å². The number of carbonyl (C=O) groups is 1. The Morgan fingerprint density at radius 2 is 1.88 bits per heavy atom. The van der Waals surface area contributed by atoms with Crippen molar-refractivity contribution in [3.8, 4) is 11.1 Å². The summed E-state index contributed by atoms with van der Waals surface area (Å²) in [6.45, 7) is 0. The summed E-state index contributed by atoms with van der Waals surface area (Å²) in [5, 5.41) is 11.6. The largest absolute Gasteiger partial charge is 0.481 e. The van der Waals surface area contributed by atoms with E-state index in [0.717, 1.165) is 39.7 Å². The van der Waals surface area contributed by atoms with Gasteiger partial charge in [0.05, 0.1) is 16.5 Å². The Morgan fingerprint density at radius 3 is 2.58 bits per heavy atom. The van der Waals surface area contributed by atoms with Gasteiger partial charge < -0.3 is 10.1 Å². The van der Waals surface area contributed by atoms with Gasteiger partial charge in [-0.1, -0.05) is 41.4 Å². The molecule has 0 bridgehead atoms. The summed E-state index contributed by atoms with van der Waals surface area (Å²) in [7, 11) is 0. The average molecular weight is 360 g/mol. The summed E-state index contributed by atoms with van der Waals surface area (Å²) in [5.74, 6) is -1.08. The summed E-state index contributed by atoms with van der Waals surface area (Å²) in [6.07, 6.45) is 1.91. The van der Waals surface area contributed by atoms with Gasteiger partial charge in [0.15, 0.2) is 0 Å². The van der Waals surface area contributed by atoms with E-state index >= 15 is 0 Å². The van der Waals surface area contributed by atoms with E-state index in [1.54, 1.807) is 0 Å². The fraction of sp³-hybridized carbons (Fsp3) is 0.211. The van der Waals surface area contributed by atoms with E-state index in [1.165, 1.54) is 0 Å². The highest BCUT2D eigenvalue weighted by atomic mass is 35.5. The van der Waals surface area contributed by atoms with Crippen molar-refractivity contribution in [2.75, 3.05) is 0 Å². The maximum Gasteiger partial charge on any atom is 0.306 e. The number of H-pyrrole nitrogens is 1. The first-order chi connectivity index (χ1) is 11.5. The van der Waals surface area contributed by atoms with Crippen LogP contribution in [0.1, 0.15) is 17.7 Å². The van der Waals surface area contributed by atoms with Gasteiger partial charge >= 0.3 is 5.97 Å². The van der Waals surface area contributed by atoms with Crippen molar-refractivity contribution < 1.29 is 9.90 Å². The molecule has 3 aromatic rings. The molecule has 24 heavy (non-hydrogen) atoms. The van der Waals surface area contributed by atoms with E-state index < -0.39 is 5.97 Å². The van der Waals surface area contributed by atoms with E-state index in [0.29, 0.717) is 22.9 Å². The second-order valence-corrected chi connectivity index (χ2v) is 7.06. The van der Waals surface area contributed by atoms with Gasteiger partial charge in [-0.05, 0) is 48.6 Å². The molecule has 0 radical (unpaired) electrons. The van der Waals surface area contributed by atoms with Crippen LogP contribution in [0.5, 0.6) is 0 Å². The Morgan fingerprint density at radius 1 is 1.12 bits per heavy atom. The number of hydrogen-bond donors (Lipinski definition) is 2. The zero-order valence-corrected chi connectivity index (χ0v) is 14.3. The Hall–Kier alpha value is -1.97. The molecule has 122 valence electrons. The predicted octanol–water partition coefficient (Wildman–Crippen LogP) is 5.33. The lowest BCUT2D eigenvalue weighted by molar-refractivity contribution is -0.142. The third kappa shape index (κ3) is 2.48. The van der Waals surface area contributed by atoms with Crippen LogP contribution in [-0.2, 0) is 17.6 Å². The number of hydrogen-bond acceptors (Lipinski definition) is 1. The van der Waals surface area contributed by atoms with E-state index in [-0.39, 0.29) is 5.92 Å². The minimum atomic E-state index is -0.736. The molecular weight excluding hydrogens is 345 g/mol. The average Bonchev–Trinajstić information content (AvgIpc) is 2.95. The number of aliphatic carboxylic acids is 1. The van der Waals surface area contributed by atoms with Crippen LogP contribution in [0.25, 0.3) is 22.0 Å². The molecule has 0 amide bonds. The molecule has 0 aliphatic heterocycles. The highest BCUT2D eigenvalue weighted by Crippen LogP contribution is 2.40. The van der Waals surface area contributed by atoms with E-state index in [4.69, 9.17) is 23.2 Å². The minimum absolute atomic E-state index is 0.341. The van der Waals surface area contributed by atoms with Crippen molar-refractivity contribution in [1.29, 1.82) is 0 Å². The topological polar surface area (TPSA) is 53.1 Å². The molecule has 0 saturated heterocycles. The van der Waals surface area contributed by atoms with Crippen molar-refractivity contribution in [2.45, 2.75) is 19.3 Å². The summed E-state index contributed by atoms with van der Waals surface area (Å²) in [6, 6.07) is 11.5. The molecule has 3 nitrogen and oxygen atoms in total. The Bertz CT molecular complexity index is 944. The van der Waals surface area contributed by atoms with Crippen LogP contribution in [0.15, 0.2) is 36.4 Å². The first-order valence-electron chi connectivity index (χ1n) is 7.85. The van der Waals surface area contributed by atoms with Crippen molar-refractivity contribution in [1.82, 2.24) is 4.98 Å². The number of aryl methyl sites for hydroxylation is 1. The van der Waals surface area contributed by atoms with E-state index in [2.05, 4.69) is 4.98 Å². The van der Waals surface area contributed by atoms with Gasteiger partial charge in [0.1, 0.15) is 0 Å². The maximum absolute atomic E-state index is 11.4. The fourth-order valence-corrected chi connectivity index (χ4v) is 3.96. The molecule has 0 saturated carbocycles.